The third kappa shape index (κ3) is 2.99. The topological polar surface area (TPSA) is 12.4 Å². The number of hydrogen-bond donors (Lipinski definition) is 0. The molecule has 3 heteroatoms. The first-order valence-electron chi connectivity index (χ1n) is 6.63. The van der Waals surface area contributed by atoms with E-state index >= 15 is 0 Å². The van der Waals surface area contributed by atoms with Gasteiger partial charge in [-0.1, -0.05) is 38.8 Å². The molecule has 0 spiro atoms. The molecule has 0 N–H and O–H groups in total. The molecular formula is C16H18IrNS-. The summed E-state index contributed by atoms with van der Waals surface area (Å²) in [5.74, 6) is 0. The van der Waals surface area contributed by atoms with Gasteiger partial charge in [-0.3, -0.25) is 0 Å². The van der Waals surface area contributed by atoms with Crippen LogP contribution in [0.25, 0.3) is 10.1 Å². The molecule has 1 radical (unpaired) electrons. The van der Waals surface area contributed by atoms with Crippen LogP contribution >= 0.6 is 11.3 Å². The van der Waals surface area contributed by atoms with E-state index in [1.165, 1.54) is 39.9 Å². The van der Waals surface area contributed by atoms with Gasteiger partial charge in [0, 0.05) is 26.7 Å². The predicted molar refractivity (Wildman–Crippen MR) is 79.7 cm³/mol. The second kappa shape index (κ2) is 5.87. The Morgan fingerprint density at radius 2 is 2.00 bits per heavy atom. The number of fused-ring (bicyclic) bond motifs is 1. The van der Waals surface area contributed by atoms with E-state index in [0.29, 0.717) is 0 Å². The third-order valence-corrected chi connectivity index (χ3v) is 4.76. The quantitative estimate of drug-likeness (QED) is 0.561. The molecule has 2 aromatic rings. The molecule has 0 unspecified atom stereocenters. The van der Waals surface area contributed by atoms with Crippen LogP contribution in [0.2, 0.25) is 0 Å². The van der Waals surface area contributed by atoms with Gasteiger partial charge in [0.05, 0.1) is 0 Å². The van der Waals surface area contributed by atoms with Crippen molar-refractivity contribution in [3.63, 3.8) is 0 Å². The molecule has 1 nitrogen and oxygen atoms in total. The summed E-state index contributed by atoms with van der Waals surface area (Å²) in [4.78, 5) is 6.08. The number of nitrogens with zero attached hydrogens (tertiary/aromatic N) is 1. The Labute approximate surface area is 132 Å². The Hall–Kier alpha value is -0.501. The molecule has 1 aromatic carbocycles. The van der Waals surface area contributed by atoms with Crippen molar-refractivity contribution in [1.29, 1.82) is 0 Å². The van der Waals surface area contributed by atoms with Crippen LogP contribution < -0.4 is 0 Å². The molecule has 1 aliphatic rings. The molecule has 3 rings (SSSR count). The number of thiophene rings is 1. The summed E-state index contributed by atoms with van der Waals surface area (Å²) < 4.78 is 1.32. The molecule has 0 saturated heterocycles. The van der Waals surface area contributed by atoms with Crippen molar-refractivity contribution in [2.24, 2.45) is 10.4 Å². The zero-order valence-corrected chi connectivity index (χ0v) is 14.5. The predicted octanol–water partition coefficient (Wildman–Crippen LogP) is 4.70. The number of aliphatic imine (C=N–C) groups is 1. The Morgan fingerprint density at radius 1 is 1.21 bits per heavy atom. The summed E-state index contributed by atoms with van der Waals surface area (Å²) in [6.45, 7) is 5.60. The maximum atomic E-state index is 4.84. The zero-order chi connectivity index (χ0) is 12.6. The van der Waals surface area contributed by atoms with E-state index in [0.717, 1.165) is 6.54 Å². The van der Waals surface area contributed by atoms with Gasteiger partial charge >= 0.3 is 0 Å². The molecule has 0 aliphatic carbocycles. The summed E-state index contributed by atoms with van der Waals surface area (Å²) in [6.07, 6.45) is 3.73. The fourth-order valence-corrected chi connectivity index (χ4v) is 3.80. The maximum absolute atomic E-state index is 4.84. The minimum Gasteiger partial charge on any atom is -0.335 e. The van der Waals surface area contributed by atoms with E-state index in [9.17, 15) is 0 Å². The van der Waals surface area contributed by atoms with E-state index in [4.69, 9.17) is 4.99 Å². The molecule has 1 aliphatic heterocycles. The number of benzene rings is 1. The van der Waals surface area contributed by atoms with Crippen LogP contribution in [0.3, 0.4) is 0 Å². The van der Waals surface area contributed by atoms with E-state index in [1.807, 2.05) is 11.3 Å². The van der Waals surface area contributed by atoms with Gasteiger partial charge in [0.1, 0.15) is 0 Å². The molecule has 1 aromatic heterocycles. The molecule has 103 valence electrons. The van der Waals surface area contributed by atoms with Crippen molar-refractivity contribution < 1.29 is 20.1 Å². The minimum absolute atomic E-state index is 0. The largest absolute Gasteiger partial charge is 0.335 e. The van der Waals surface area contributed by atoms with E-state index in [-0.39, 0.29) is 25.5 Å². The molecule has 0 fully saturated rings. The van der Waals surface area contributed by atoms with Gasteiger partial charge in [0.15, 0.2) is 0 Å². The van der Waals surface area contributed by atoms with Gasteiger partial charge in [-0.2, -0.15) is 0 Å². The first-order chi connectivity index (χ1) is 8.67. The number of rotatable bonds is 1. The normalized spacial score (nSPS) is 18.5. The summed E-state index contributed by atoms with van der Waals surface area (Å²) in [5.41, 5.74) is 1.45. The maximum Gasteiger partial charge on any atom is 0.0286 e. The second-order valence-corrected chi connectivity index (χ2v) is 6.68. The fourth-order valence-electron chi connectivity index (χ4n) is 2.61. The van der Waals surface area contributed by atoms with Crippen LogP contribution in [0.4, 0.5) is 0 Å². The van der Waals surface area contributed by atoms with Crippen molar-refractivity contribution in [1.82, 2.24) is 0 Å². The van der Waals surface area contributed by atoms with Crippen LogP contribution in [-0.4, -0.2) is 12.3 Å². The van der Waals surface area contributed by atoms with Gasteiger partial charge in [-0.25, -0.2) is 11.3 Å². The van der Waals surface area contributed by atoms with Crippen LogP contribution in [0.1, 0.15) is 38.0 Å². The molecule has 0 amide bonds. The molecule has 19 heavy (non-hydrogen) atoms. The average Bonchev–Trinajstić information content (AvgIpc) is 2.67. The van der Waals surface area contributed by atoms with Crippen molar-refractivity contribution in [3.05, 3.63) is 35.2 Å². The standard InChI is InChI=1S/C16H18NS.Ir/c1-16(2)9-5-6-10-17-15(16)14-11-12-7-3-4-8-13(12)18-14;/h3-4,7-8H,5-6,9-10H2,1-2H3;/q-1;. The molecule has 2 heterocycles. The van der Waals surface area contributed by atoms with E-state index in [1.54, 1.807) is 0 Å². The van der Waals surface area contributed by atoms with E-state index in [2.05, 4.69) is 44.2 Å². The SMILES string of the molecule is CC1(C)CCCCN=C1c1[c-]c2ccccc2s1.[Ir]. The Balaban J connectivity index is 0.00000133. The molecular weight excluding hydrogens is 430 g/mol. The van der Waals surface area contributed by atoms with Crippen LogP contribution in [0, 0.1) is 11.5 Å². The summed E-state index contributed by atoms with van der Waals surface area (Å²) in [7, 11) is 0. The van der Waals surface area contributed by atoms with Crippen LogP contribution in [-0.2, 0) is 20.1 Å². The molecule has 0 bridgehead atoms. The molecule has 0 atom stereocenters. The fraction of sp³-hybridized carbons (Fsp3) is 0.438. The third-order valence-electron chi connectivity index (χ3n) is 3.68. The monoisotopic (exact) mass is 449 g/mol. The Kier molecular flexibility index (Phi) is 4.60. The van der Waals surface area contributed by atoms with Crippen LogP contribution in [0.15, 0.2) is 29.3 Å². The van der Waals surface area contributed by atoms with Crippen molar-refractivity contribution >= 4 is 27.1 Å². The summed E-state index contributed by atoms with van der Waals surface area (Å²) in [5, 5.41) is 1.22. The second-order valence-electron chi connectivity index (χ2n) is 5.62. The smallest absolute Gasteiger partial charge is 0.0286 e. The van der Waals surface area contributed by atoms with E-state index < -0.39 is 0 Å². The zero-order valence-electron chi connectivity index (χ0n) is 11.3. The molecule has 0 saturated carbocycles. The first-order valence-corrected chi connectivity index (χ1v) is 7.45. The van der Waals surface area contributed by atoms with Gasteiger partial charge in [-0.15, -0.1) is 23.6 Å². The van der Waals surface area contributed by atoms with Gasteiger partial charge in [0.2, 0.25) is 0 Å². The minimum atomic E-state index is 0. The van der Waals surface area contributed by atoms with Gasteiger partial charge in [0.25, 0.3) is 0 Å². The Bertz CT molecular complexity index is 565. The van der Waals surface area contributed by atoms with Crippen molar-refractivity contribution in [2.75, 3.05) is 6.54 Å². The van der Waals surface area contributed by atoms with Gasteiger partial charge in [-0.05, 0) is 27.1 Å². The van der Waals surface area contributed by atoms with Crippen LogP contribution in [0.5, 0.6) is 0 Å². The first kappa shape index (κ1) is 14.9. The Morgan fingerprint density at radius 3 is 2.79 bits per heavy atom. The number of hydrogen-bond acceptors (Lipinski definition) is 2. The van der Waals surface area contributed by atoms with Crippen molar-refractivity contribution in [2.45, 2.75) is 33.1 Å². The average molecular weight is 449 g/mol. The summed E-state index contributed by atoms with van der Waals surface area (Å²) in [6, 6.07) is 12.0. The van der Waals surface area contributed by atoms with Crippen molar-refractivity contribution in [3.8, 4) is 0 Å². The summed E-state index contributed by atoms with van der Waals surface area (Å²) >= 11 is 1.83. The van der Waals surface area contributed by atoms with Gasteiger partial charge < -0.3 is 4.99 Å².